The van der Waals surface area contributed by atoms with E-state index in [1.54, 1.807) is 17.8 Å². The number of halogens is 2. The smallest absolute Gasteiger partial charge is 0.225 e. The highest BCUT2D eigenvalue weighted by Gasteiger charge is 2.07. The van der Waals surface area contributed by atoms with Gasteiger partial charge in [-0.1, -0.05) is 15.9 Å². The molecule has 0 radical (unpaired) electrons. The Morgan fingerprint density at radius 3 is 2.62 bits per heavy atom. The second-order valence-electron chi connectivity index (χ2n) is 4.34. The first kappa shape index (κ1) is 15.9. The lowest BCUT2D eigenvalue weighted by Gasteiger charge is -2.07. The molecule has 0 aliphatic carbocycles. The van der Waals surface area contributed by atoms with Gasteiger partial charge in [-0.3, -0.25) is 4.79 Å². The van der Waals surface area contributed by atoms with E-state index in [9.17, 15) is 9.18 Å². The van der Waals surface area contributed by atoms with E-state index in [4.69, 9.17) is 5.73 Å². The molecule has 0 aliphatic rings. The molecule has 0 unspecified atom stereocenters. The van der Waals surface area contributed by atoms with Crippen LogP contribution in [0.2, 0.25) is 0 Å². The van der Waals surface area contributed by atoms with Crippen LogP contribution in [0.1, 0.15) is 6.42 Å². The van der Waals surface area contributed by atoms with Crippen LogP contribution in [0, 0.1) is 5.82 Å². The number of rotatable bonds is 5. The van der Waals surface area contributed by atoms with Gasteiger partial charge in [0.1, 0.15) is 5.82 Å². The highest BCUT2D eigenvalue weighted by molar-refractivity contribution is 9.10. The highest BCUT2D eigenvalue weighted by Crippen LogP contribution is 2.21. The van der Waals surface area contributed by atoms with Gasteiger partial charge in [0.05, 0.1) is 5.69 Å². The minimum absolute atomic E-state index is 0.195. The minimum Gasteiger partial charge on any atom is -0.399 e. The summed E-state index contributed by atoms with van der Waals surface area (Å²) < 4.78 is 14.2. The number of carbonyl (C=O) groups is 1. The van der Waals surface area contributed by atoms with Crippen LogP contribution in [-0.4, -0.2) is 11.7 Å². The molecule has 0 atom stereocenters. The third-order valence-electron chi connectivity index (χ3n) is 2.68. The summed E-state index contributed by atoms with van der Waals surface area (Å²) in [5.41, 5.74) is 6.51. The number of nitrogens with one attached hydrogen (secondary N) is 1. The van der Waals surface area contributed by atoms with Crippen molar-refractivity contribution in [2.24, 2.45) is 0 Å². The summed E-state index contributed by atoms with van der Waals surface area (Å²) >= 11 is 4.73. The fourth-order valence-electron chi connectivity index (χ4n) is 1.63. The number of nitrogen functional groups attached to an aromatic ring is 1. The highest BCUT2D eigenvalue weighted by atomic mass is 79.9. The van der Waals surface area contributed by atoms with Crippen LogP contribution in [-0.2, 0) is 4.79 Å². The fourth-order valence-corrected chi connectivity index (χ4v) is 2.81. The molecule has 0 heterocycles. The number of hydrogen-bond acceptors (Lipinski definition) is 3. The van der Waals surface area contributed by atoms with Crippen LogP contribution in [0.5, 0.6) is 0 Å². The number of hydrogen-bond donors (Lipinski definition) is 2. The van der Waals surface area contributed by atoms with Crippen molar-refractivity contribution >= 4 is 45.0 Å². The molecule has 3 N–H and O–H groups in total. The molecule has 110 valence electrons. The second-order valence-corrected chi connectivity index (χ2v) is 6.42. The first-order valence-corrected chi connectivity index (χ1v) is 8.06. The van der Waals surface area contributed by atoms with Crippen molar-refractivity contribution in [1.29, 1.82) is 0 Å². The van der Waals surface area contributed by atoms with Crippen LogP contribution < -0.4 is 11.1 Å². The number of thioether (sulfide) groups is 1. The van der Waals surface area contributed by atoms with Crippen molar-refractivity contribution < 1.29 is 9.18 Å². The Kier molecular flexibility index (Phi) is 5.64. The van der Waals surface area contributed by atoms with E-state index in [1.165, 1.54) is 12.1 Å². The zero-order valence-electron chi connectivity index (χ0n) is 11.1. The number of amides is 1. The molecule has 0 saturated heterocycles. The SMILES string of the molecule is Nc1ccc(SCCC(=O)Nc2ccc(Br)cc2F)cc1. The molecular weight excluding hydrogens is 355 g/mol. The second kappa shape index (κ2) is 7.47. The van der Waals surface area contributed by atoms with E-state index in [-0.39, 0.29) is 11.6 Å². The third-order valence-corrected chi connectivity index (χ3v) is 4.19. The molecule has 2 aromatic rings. The molecule has 2 rings (SSSR count). The Morgan fingerprint density at radius 2 is 1.95 bits per heavy atom. The molecular formula is C15H14BrFN2OS. The molecule has 3 nitrogen and oxygen atoms in total. The van der Waals surface area contributed by atoms with Gasteiger partial charge in [-0.05, 0) is 42.5 Å². The van der Waals surface area contributed by atoms with Crippen molar-refractivity contribution in [3.05, 3.63) is 52.8 Å². The van der Waals surface area contributed by atoms with Gasteiger partial charge in [0.2, 0.25) is 5.91 Å². The quantitative estimate of drug-likeness (QED) is 0.611. The number of carbonyl (C=O) groups excluding carboxylic acids is 1. The van der Waals surface area contributed by atoms with E-state index in [0.717, 1.165) is 4.90 Å². The molecule has 6 heteroatoms. The number of benzene rings is 2. The Balaban J connectivity index is 1.81. The van der Waals surface area contributed by atoms with Gasteiger partial charge in [-0.25, -0.2) is 4.39 Å². The summed E-state index contributed by atoms with van der Waals surface area (Å²) in [6.45, 7) is 0. The molecule has 0 aliphatic heterocycles. The van der Waals surface area contributed by atoms with E-state index in [0.29, 0.717) is 22.3 Å². The Labute approximate surface area is 135 Å². The molecule has 0 saturated carbocycles. The maximum atomic E-state index is 13.6. The van der Waals surface area contributed by atoms with Gasteiger partial charge in [0, 0.05) is 27.2 Å². The third kappa shape index (κ3) is 5.06. The number of nitrogens with two attached hydrogens (primary N) is 1. The van der Waals surface area contributed by atoms with Crippen molar-refractivity contribution in [3.8, 4) is 0 Å². The zero-order valence-corrected chi connectivity index (χ0v) is 13.5. The van der Waals surface area contributed by atoms with Crippen molar-refractivity contribution in [1.82, 2.24) is 0 Å². The molecule has 0 fully saturated rings. The van der Waals surface area contributed by atoms with Crippen molar-refractivity contribution in [2.75, 3.05) is 16.8 Å². The Morgan fingerprint density at radius 1 is 1.24 bits per heavy atom. The first-order valence-electron chi connectivity index (χ1n) is 6.28. The van der Waals surface area contributed by atoms with Crippen LogP contribution in [0.3, 0.4) is 0 Å². The molecule has 2 aromatic carbocycles. The predicted octanol–water partition coefficient (Wildman–Crippen LogP) is 4.29. The van der Waals surface area contributed by atoms with Crippen molar-refractivity contribution in [3.63, 3.8) is 0 Å². The lowest BCUT2D eigenvalue weighted by Crippen LogP contribution is -2.13. The fraction of sp³-hybridized carbons (Fsp3) is 0.133. The molecule has 0 spiro atoms. The van der Waals surface area contributed by atoms with E-state index >= 15 is 0 Å². The largest absolute Gasteiger partial charge is 0.399 e. The summed E-state index contributed by atoms with van der Waals surface area (Å²) in [4.78, 5) is 12.8. The van der Waals surface area contributed by atoms with Gasteiger partial charge < -0.3 is 11.1 Å². The maximum absolute atomic E-state index is 13.6. The summed E-state index contributed by atoms with van der Waals surface area (Å²) in [7, 11) is 0. The molecule has 21 heavy (non-hydrogen) atoms. The lowest BCUT2D eigenvalue weighted by molar-refractivity contribution is -0.115. The van der Waals surface area contributed by atoms with Crippen LogP contribution in [0.25, 0.3) is 0 Å². The van der Waals surface area contributed by atoms with Gasteiger partial charge in [-0.2, -0.15) is 0 Å². The Hall–Kier alpha value is -1.53. The van der Waals surface area contributed by atoms with Gasteiger partial charge in [0.15, 0.2) is 0 Å². The normalized spacial score (nSPS) is 10.4. The lowest BCUT2D eigenvalue weighted by atomic mass is 10.3. The van der Waals surface area contributed by atoms with Crippen molar-refractivity contribution in [2.45, 2.75) is 11.3 Å². The monoisotopic (exact) mass is 368 g/mol. The predicted molar refractivity (Wildman–Crippen MR) is 88.9 cm³/mol. The average Bonchev–Trinajstić information content (AvgIpc) is 2.44. The Bertz CT molecular complexity index is 634. The van der Waals surface area contributed by atoms with E-state index in [2.05, 4.69) is 21.2 Å². The number of anilines is 2. The van der Waals surface area contributed by atoms with Crippen LogP contribution >= 0.6 is 27.7 Å². The summed E-state index contributed by atoms with van der Waals surface area (Å²) in [5.74, 6) is -0.0449. The van der Waals surface area contributed by atoms with Gasteiger partial charge >= 0.3 is 0 Å². The maximum Gasteiger partial charge on any atom is 0.225 e. The van der Waals surface area contributed by atoms with Crippen LogP contribution in [0.4, 0.5) is 15.8 Å². The molecule has 1 amide bonds. The minimum atomic E-state index is -0.455. The average molecular weight is 369 g/mol. The van der Waals surface area contributed by atoms with E-state index < -0.39 is 5.82 Å². The van der Waals surface area contributed by atoms with Gasteiger partial charge in [0.25, 0.3) is 0 Å². The van der Waals surface area contributed by atoms with Crippen LogP contribution in [0.15, 0.2) is 51.8 Å². The zero-order chi connectivity index (χ0) is 15.2. The van der Waals surface area contributed by atoms with Gasteiger partial charge in [-0.15, -0.1) is 11.8 Å². The summed E-state index contributed by atoms with van der Waals surface area (Å²) in [6.07, 6.45) is 0.310. The topological polar surface area (TPSA) is 55.1 Å². The molecule has 0 bridgehead atoms. The standard InChI is InChI=1S/C15H14BrFN2OS/c16-10-1-6-14(13(17)9-10)19-15(20)7-8-21-12-4-2-11(18)3-5-12/h1-6,9H,7-8,18H2,(H,19,20). The van der Waals surface area contributed by atoms with E-state index in [1.807, 2.05) is 24.3 Å². The molecule has 0 aromatic heterocycles. The summed E-state index contributed by atoms with van der Waals surface area (Å²) in [6, 6.07) is 12.0. The first-order chi connectivity index (χ1) is 10.0. The summed E-state index contributed by atoms with van der Waals surface area (Å²) in [5, 5.41) is 2.56.